The van der Waals surface area contributed by atoms with Crippen LogP contribution in [0, 0.1) is 0 Å². The van der Waals surface area contributed by atoms with Crippen LogP contribution in [0.3, 0.4) is 0 Å². The molecule has 1 aliphatic rings. The summed E-state index contributed by atoms with van der Waals surface area (Å²) >= 11 is 11.8. The Morgan fingerprint density at radius 3 is 2.74 bits per heavy atom. The molecule has 1 heterocycles. The molecule has 0 amide bonds. The molecular weight excluding hydrogens is 309 g/mol. The van der Waals surface area contributed by atoms with Crippen LogP contribution in [-0.2, 0) is 20.3 Å². The maximum Gasteiger partial charge on any atom is 0.323 e. The third-order valence-electron chi connectivity index (χ3n) is 2.94. The van der Waals surface area contributed by atoms with E-state index in [-0.39, 0.29) is 11.8 Å². The summed E-state index contributed by atoms with van der Waals surface area (Å²) in [4.78, 5) is 11.5. The van der Waals surface area contributed by atoms with Crippen molar-refractivity contribution in [1.29, 1.82) is 0 Å². The Morgan fingerprint density at radius 1 is 1.37 bits per heavy atom. The van der Waals surface area contributed by atoms with Crippen LogP contribution in [0.2, 0.25) is 10.0 Å². The van der Waals surface area contributed by atoms with Gasteiger partial charge < -0.3 is 4.74 Å². The summed E-state index contributed by atoms with van der Waals surface area (Å²) in [5.41, 5.74) is 0.858. The average Bonchev–Trinajstić information content (AvgIpc) is 2.40. The first-order valence-corrected chi connectivity index (χ1v) is 7.89. The van der Waals surface area contributed by atoms with Gasteiger partial charge >= 0.3 is 5.97 Å². The molecule has 0 aromatic heterocycles. The van der Waals surface area contributed by atoms with Crippen molar-refractivity contribution >= 4 is 40.0 Å². The molecule has 19 heavy (non-hydrogen) atoms. The van der Waals surface area contributed by atoms with Gasteiger partial charge in [-0.1, -0.05) is 29.3 Å². The normalized spacial score (nSPS) is 27.0. The van der Waals surface area contributed by atoms with Gasteiger partial charge in [-0.15, -0.1) is 0 Å². The quantitative estimate of drug-likeness (QED) is 0.846. The largest absolute Gasteiger partial charge is 0.468 e. The zero-order valence-electron chi connectivity index (χ0n) is 10.2. The fourth-order valence-electron chi connectivity index (χ4n) is 1.98. The summed E-state index contributed by atoms with van der Waals surface area (Å²) in [6.45, 7) is 0. The van der Waals surface area contributed by atoms with E-state index in [1.807, 2.05) is 6.07 Å². The Kier molecular flexibility index (Phi) is 4.84. The van der Waals surface area contributed by atoms with Crippen LogP contribution >= 0.6 is 23.2 Å². The van der Waals surface area contributed by atoms with Crippen LogP contribution in [0.15, 0.2) is 18.2 Å². The standard InChI is InChI=1S/C12H13Cl2NO3S/c1-18-12(16)11-6-19(17)5-10(15-11)7-2-3-8(13)9(14)4-7/h2-4,10-11,15H,5-6H2,1H3. The van der Waals surface area contributed by atoms with Gasteiger partial charge in [-0.25, -0.2) is 0 Å². The predicted octanol–water partition coefficient (Wildman–Crippen LogP) is 1.93. The maximum atomic E-state index is 11.8. The van der Waals surface area contributed by atoms with Gasteiger partial charge in [0.2, 0.25) is 0 Å². The van der Waals surface area contributed by atoms with Crippen LogP contribution < -0.4 is 5.32 Å². The molecule has 1 aromatic carbocycles. The fourth-order valence-corrected chi connectivity index (χ4v) is 3.69. The van der Waals surface area contributed by atoms with Crippen molar-refractivity contribution in [2.45, 2.75) is 12.1 Å². The Bertz CT molecular complexity index is 524. The summed E-state index contributed by atoms with van der Waals surface area (Å²) in [6.07, 6.45) is 0. The number of carbonyl (C=O) groups excluding carboxylic acids is 1. The Morgan fingerprint density at radius 2 is 2.11 bits per heavy atom. The lowest BCUT2D eigenvalue weighted by molar-refractivity contribution is -0.142. The van der Waals surface area contributed by atoms with Gasteiger partial charge in [0.05, 0.1) is 17.2 Å². The van der Waals surface area contributed by atoms with E-state index in [0.29, 0.717) is 15.8 Å². The number of hydrogen-bond donors (Lipinski definition) is 1. The number of methoxy groups -OCH3 is 1. The second-order valence-electron chi connectivity index (χ2n) is 4.24. The minimum Gasteiger partial charge on any atom is -0.468 e. The minimum absolute atomic E-state index is 0.201. The van der Waals surface area contributed by atoms with Crippen molar-refractivity contribution in [2.75, 3.05) is 18.6 Å². The molecule has 104 valence electrons. The lowest BCUT2D eigenvalue weighted by Gasteiger charge is -2.29. The second kappa shape index (κ2) is 6.22. The molecule has 1 fully saturated rings. The van der Waals surface area contributed by atoms with Crippen molar-refractivity contribution in [3.05, 3.63) is 33.8 Å². The molecule has 1 aliphatic heterocycles. The molecule has 3 unspecified atom stereocenters. The molecule has 0 saturated carbocycles. The van der Waals surface area contributed by atoms with E-state index in [2.05, 4.69) is 10.1 Å². The third-order valence-corrected chi connectivity index (χ3v) is 5.09. The van der Waals surface area contributed by atoms with E-state index in [4.69, 9.17) is 23.2 Å². The number of halogens is 2. The maximum absolute atomic E-state index is 11.8. The van der Waals surface area contributed by atoms with Gasteiger partial charge in [-0.05, 0) is 17.7 Å². The number of nitrogens with one attached hydrogen (secondary N) is 1. The van der Waals surface area contributed by atoms with Gasteiger partial charge in [0, 0.05) is 28.3 Å². The lowest BCUT2D eigenvalue weighted by Crippen LogP contribution is -2.49. The first kappa shape index (κ1) is 14.8. The highest BCUT2D eigenvalue weighted by molar-refractivity contribution is 7.85. The highest BCUT2D eigenvalue weighted by Gasteiger charge is 2.31. The van der Waals surface area contributed by atoms with Gasteiger partial charge in [-0.3, -0.25) is 14.3 Å². The molecule has 3 atom stereocenters. The van der Waals surface area contributed by atoms with Crippen molar-refractivity contribution in [1.82, 2.24) is 5.32 Å². The zero-order chi connectivity index (χ0) is 14.0. The van der Waals surface area contributed by atoms with Crippen LogP contribution in [0.1, 0.15) is 11.6 Å². The van der Waals surface area contributed by atoms with Gasteiger partial charge in [-0.2, -0.15) is 0 Å². The van der Waals surface area contributed by atoms with Gasteiger partial charge in [0.1, 0.15) is 6.04 Å². The summed E-state index contributed by atoms with van der Waals surface area (Å²) in [6, 6.07) is 4.46. The molecule has 1 saturated heterocycles. The molecular formula is C12H13Cl2NO3S. The molecule has 0 spiro atoms. The first-order valence-electron chi connectivity index (χ1n) is 5.65. The molecule has 7 heteroatoms. The molecule has 0 aliphatic carbocycles. The van der Waals surface area contributed by atoms with E-state index in [1.54, 1.807) is 12.1 Å². The highest BCUT2D eigenvalue weighted by atomic mass is 35.5. The van der Waals surface area contributed by atoms with Gasteiger partial charge in [0.15, 0.2) is 0 Å². The number of carbonyl (C=O) groups is 1. The second-order valence-corrected chi connectivity index (χ2v) is 6.60. The Balaban J connectivity index is 2.21. The van der Waals surface area contributed by atoms with Crippen molar-refractivity contribution < 1.29 is 13.7 Å². The summed E-state index contributed by atoms with van der Waals surface area (Å²) in [5.74, 6) is 0.300. The smallest absolute Gasteiger partial charge is 0.323 e. The SMILES string of the molecule is COC(=O)C1CS(=O)CC(c2ccc(Cl)c(Cl)c2)N1. The van der Waals surface area contributed by atoms with E-state index < -0.39 is 22.8 Å². The Hall–Kier alpha value is -0.620. The summed E-state index contributed by atoms with van der Waals surface area (Å²) in [5, 5.41) is 4.03. The highest BCUT2D eigenvalue weighted by Crippen LogP contribution is 2.27. The summed E-state index contributed by atoms with van der Waals surface area (Å²) < 4.78 is 16.5. The summed E-state index contributed by atoms with van der Waals surface area (Å²) in [7, 11) is 0.241. The van der Waals surface area contributed by atoms with Crippen LogP contribution in [-0.4, -0.2) is 34.8 Å². The Labute approximate surface area is 123 Å². The van der Waals surface area contributed by atoms with Crippen molar-refractivity contribution in [2.24, 2.45) is 0 Å². The number of rotatable bonds is 2. The van der Waals surface area contributed by atoms with Crippen LogP contribution in [0.25, 0.3) is 0 Å². The van der Waals surface area contributed by atoms with Crippen LogP contribution in [0.4, 0.5) is 0 Å². The van der Waals surface area contributed by atoms with E-state index in [1.165, 1.54) is 7.11 Å². The first-order chi connectivity index (χ1) is 9.01. The number of benzene rings is 1. The van der Waals surface area contributed by atoms with E-state index in [9.17, 15) is 9.00 Å². The topological polar surface area (TPSA) is 55.4 Å². The number of esters is 1. The van der Waals surface area contributed by atoms with Gasteiger partial charge in [0.25, 0.3) is 0 Å². The molecule has 0 radical (unpaired) electrons. The minimum atomic E-state index is -1.07. The number of hydrogen-bond acceptors (Lipinski definition) is 4. The lowest BCUT2D eigenvalue weighted by atomic mass is 10.1. The molecule has 1 aromatic rings. The van der Waals surface area contributed by atoms with Crippen LogP contribution in [0.5, 0.6) is 0 Å². The van der Waals surface area contributed by atoms with Crippen molar-refractivity contribution in [3.8, 4) is 0 Å². The van der Waals surface area contributed by atoms with E-state index in [0.717, 1.165) is 5.56 Å². The fraction of sp³-hybridized carbons (Fsp3) is 0.417. The van der Waals surface area contributed by atoms with Crippen molar-refractivity contribution in [3.63, 3.8) is 0 Å². The molecule has 4 nitrogen and oxygen atoms in total. The number of ether oxygens (including phenoxy) is 1. The van der Waals surface area contributed by atoms with E-state index >= 15 is 0 Å². The molecule has 1 N–H and O–H groups in total. The molecule has 2 rings (SSSR count). The molecule has 0 bridgehead atoms. The monoisotopic (exact) mass is 321 g/mol. The predicted molar refractivity (Wildman–Crippen MR) is 76.0 cm³/mol. The zero-order valence-corrected chi connectivity index (χ0v) is 12.5. The third kappa shape index (κ3) is 3.48. The average molecular weight is 322 g/mol.